The second-order valence-electron chi connectivity index (χ2n) is 6.13. The van der Waals surface area contributed by atoms with E-state index in [1.165, 1.54) is 12.1 Å². The number of anilines is 1. The van der Waals surface area contributed by atoms with Crippen molar-refractivity contribution in [3.05, 3.63) is 40.7 Å². The molecule has 2 aromatic rings. The number of carbonyl (C=O) groups excluding carboxylic acids is 1. The first-order chi connectivity index (χ1) is 11.5. The van der Waals surface area contributed by atoms with Crippen LogP contribution in [0.2, 0.25) is 0 Å². The standard InChI is InChI=1S/C17H21FN4OS/c1-12(23)21(2)15-7-9-22(10-8-15)17-20-19-16(24-17)11-13-3-5-14(18)6-4-13/h3-6,15H,7-11H2,1-2H3. The number of rotatable bonds is 4. The lowest BCUT2D eigenvalue weighted by Gasteiger charge is -2.36. The molecule has 0 aliphatic carbocycles. The van der Waals surface area contributed by atoms with Crippen LogP contribution in [0, 0.1) is 5.82 Å². The number of nitrogens with zero attached hydrogens (tertiary/aromatic N) is 4. The van der Waals surface area contributed by atoms with Crippen molar-refractivity contribution in [1.29, 1.82) is 0 Å². The van der Waals surface area contributed by atoms with Crippen LogP contribution in [0.5, 0.6) is 0 Å². The van der Waals surface area contributed by atoms with Crippen LogP contribution in [0.3, 0.4) is 0 Å². The van der Waals surface area contributed by atoms with E-state index in [0.717, 1.165) is 41.6 Å². The minimum absolute atomic E-state index is 0.117. The Morgan fingerprint density at radius 1 is 1.29 bits per heavy atom. The Kier molecular flexibility index (Phi) is 5.08. The minimum Gasteiger partial charge on any atom is -0.347 e. The SMILES string of the molecule is CC(=O)N(C)C1CCN(c2nnc(Cc3ccc(F)cc3)s2)CC1. The zero-order valence-corrected chi connectivity index (χ0v) is 14.7. The normalized spacial score (nSPS) is 15.5. The van der Waals surface area contributed by atoms with E-state index in [2.05, 4.69) is 15.1 Å². The summed E-state index contributed by atoms with van der Waals surface area (Å²) in [6, 6.07) is 6.80. The second-order valence-corrected chi connectivity index (χ2v) is 7.17. The van der Waals surface area contributed by atoms with Crippen LogP contribution in [-0.2, 0) is 11.2 Å². The number of benzene rings is 1. The van der Waals surface area contributed by atoms with Crippen LogP contribution >= 0.6 is 11.3 Å². The van der Waals surface area contributed by atoms with Crippen LogP contribution in [0.1, 0.15) is 30.3 Å². The van der Waals surface area contributed by atoms with Crippen molar-refractivity contribution in [2.75, 3.05) is 25.0 Å². The molecule has 5 nitrogen and oxygen atoms in total. The molecule has 7 heteroatoms. The van der Waals surface area contributed by atoms with Gasteiger partial charge < -0.3 is 9.80 Å². The fourth-order valence-electron chi connectivity index (χ4n) is 2.92. The summed E-state index contributed by atoms with van der Waals surface area (Å²) in [6.45, 7) is 3.37. The third-order valence-electron chi connectivity index (χ3n) is 4.50. The molecule has 0 spiro atoms. The number of hydrogen-bond donors (Lipinski definition) is 0. The fourth-order valence-corrected chi connectivity index (χ4v) is 3.85. The molecule has 24 heavy (non-hydrogen) atoms. The summed E-state index contributed by atoms with van der Waals surface area (Å²) in [5.41, 5.74) is 1.03. The second kappa shape index (κ2) is 7.25. The number of carbonyl (C=O) groups is 1. The highest BCUT2D eigenvalue weighted by Gasteiger charge is 2.25. The zero-order chi connectivity index (χ0) is 17.1. The molecule has 1 aromatic heterocycles. The van der Waals surface area contributed by atoms with Crippen molar-refractivity contribution in [2.45, 2.75) is 32.2 Å². The smallest absolute Gasteiger partial charge is 0.219 e. The maximum atomic E-state index is 13.0. The molecular formula is C17H21FN4OS. The third kappa shape index (κ3) is 3.90. The highest BCUT2D eigenvalue weighted by atomic mass is 32.1. The fraction of sp³-hybridized carbons (Fsp3) is 0.471. The van der Waals surface area contributed by atoms with Crippen molar-refractivity contribution < 1.29 is 9.18 Å². The highest BCUT2D eigenvalue weighted by Crippen LogP contribution is 2.26. The van der Waals surface area contributed by atoms with Crippen molar-refractivity contribution in [1.82, 2.24) is 15.1 Å². The van der Waals surface area contributed by atoms with Gasteiger partial charge in [0.05, 0.1) is 0 Å². The van der Waals surface area contributed by atoms with Crippen LogP contribution in [0.15, 0.2) is 24.3 Å². The van der Waals surface area contributed by atoms with Gasteiger partial charge in [0.25, 0.3) is 0 Å². The molecule has 0 unspecified atom stereocenters. The van der Waals surface area contributed by atoms with E-state index in [9.17, 15) is 9.18 Å². The average molecular weight is 348 g/mol. The predicted octanol–water partition coefficient (Wildman–Crippen LogP) is 2.72. The zero-order valence-electron chi connectivity index (χ0n) is 13.9. The minimum atomic E-state index is -0.227. The number of hydrogen-bond acceptors (Lipinski definition) is 5. The molecule has 1 saturated heterocycles. The summed E-state index contributed by atoms with van der Waals surface area (Å²) in [4.78, 5) is 15.5. The lowest BCUT2D eigenvalue weighted by Crippen LogP contribution is -2.45. The van der Waals surface area contributed by atoms with Crippen molar-refractivity contribution in [3.8, 4) is 0 Å². The Morgan fingerprint density at radius 3 is 2.58 bits per heavy atom. The number of halogens is 1. The molecule has 1 aliphatic heterocycles. The van der Waals surface area contributed by atoms with E-state index in [1.54, 1.807) is 30.4 Å². The van der Waals surface area contributed by atoms with Crippen molar-refractivity contribution >= 4 is 22.4 Å². The summed E-state index contributed by atoms with van der Waals surface area (Å²) in [5.74, 6) is -0.110. The molecule has 1 aromatic carbocycles. The van der Waals surface area contributed by atoms with Crippen LogP contribution in [0.4, 0.5) is 9.52 Å². The van der Waals surface area contributed by atoms with Crippen molar-refractivity contribution in [3.63, 3.8) is 0 Å². The first-order valence-corrected chi connectivity index (χ1v) is 8.90. The van der Waals surface area contributed by atoms with Gasteiger partial charge in [-0.15, -0.1) is 10.2 Å². The Bertz CT molecular complexity index is 695. The first-order valence-electron chi connectivity index (χ1n) is 8.08. The number of piperidine rings is 1. The quantitative estimate of drug-likeness (QED) is 0.852. The summed E-state index contributed by atoms with van der Waals surface area (Å²) in [5, 5.41) is 10.4. The highest BCUT2D eigenvalue weighted by molar-refractivity contribution is 7.15. The lowest BCUT2D eigenvalue weighted by atomic mass is 10.0. The van der Waals surface area contributed by atoms with Gasteiger partial charge in [0.15, 0.2) is 0 Å². The van der Waals surface area contributed by atoms with Crippen molar-refractivity contribution in [2.24, 2.45) is 0 Å². The summed E-state index contributed by atoms with van der Waals surface area (Å²) in [6.07, 6.45) is 2.56. The molecule has 0 radical (unpaired) electrons. The average Bonchev–Trinajstić information content (AvgIpc) is 3.05. The van der Waals surface area contributed by atoms with Gasteiger partial charge in [0.2, 0.25) is 11.0 Å². The lowest BCUT2D eigenvalue weighted by molar-refractivity contribution is -0.129. The largest absolute Gasteiger partial charge is 0.347 e. The molecule has 0 bridgehead atoms. The molecular weight excluding hydrogens is 327 g/mol. The number of aromatic nitrogens is 2. The van der Waals surface area contributed by atoms with E-state index in [4.69, 9.17) is 0 Å². The van der Waals surface area contributed by atoms with Gasteiger partial charge in [-0.05, 0) is 30.5 Å². The molecule has 3 rings (SSSR count). The van der Waals surface area contributed by atoms with Gasteiger partial charge in [-0.2, -0.15) is 0 Å². The van der Waals surface area contributed by atoms with E-state index in [0.29, 0.717) is 12.5 Å². The molecule has 1 amide bonds. The molecule has 0 N–H and O–H groups in total. The number of amides is 1. The van der Waals surface area contributed by atoms with Crippen LogP contribution in [0.25, 0.3) is 0 Å². The van der Waals surface area contributed by atoms with E-state index < -0.39 is 0 Å². The molecule has 128 valence electrons. The summed E-state index contributed by atoms with van der Waals surface area (Å²) in [7, 11) is 1.87. The van der Waals surface area contributed by atoms with Gasteiger partial charge in [-0.1, -0.05) is 23.5 Å². The maximum absolute atomic E-state index is 13.0. The molecule has 1 aliphatic rings. The van der Waals surface area contributed by atoms with Gasteiger partial charge in [0.1, 0.15) is 10.8 Å². The Balaban J connectivity index is 1.58. The van der Waals surface area contributed by atoms with E-state index in [1.807, 2.05) is 11.9 Å². The topological polar surface area (TPSA) is 49.3 Å². The third-order valence-corrected chi connectivity index (χ3v) is 5.49. The maximum Gasteiger partial charge on any atom is 0.219 e. The summed E-state index contributed by atoms with van der Waals surface area (Å²) < 4.78 is 13.0. The van der Waals surface area contributed by atoms with Gasteiger partial charge >= 0.3 is 0 Å². The van der Waals surface area contributed by atoms with E-state index in [-0.39, 0.29) is 11.7 Å². The first kappa shape index (κ1) is 16.8. The van der Waals surface area contributed by atoms with E-state index >= 15 is 0 Å². The molecule has 0 atom stereocenters. The molecule has 0 saturated carbocycles. The summed E-state index contributed by atoms with van der Waals surface area (Å²) >= 11 is 1.58. The van der Waals surface area contributed by atoms with Gasteiger partial charge in [0, 0.05) is 39.5 Å². The monoisotopic (exact) mass is 348 g/mol. The Labute approximate surface area is 145 Å². The Morgan fingerprint density at radius 2 is 1.96 bits per heavy atom. The molecule has 2 heterocycles. The van der Waals surface area contributed by atoms with Crippen LogP contribution < -0.4 is 4.90 Å². The van der Waals surface area contributed by atoms with Gasteiger partial charge in [-0.3, -0.25) is 4.79 Å². The Hall–Kier alpha value is -2.02. The predicted molar refractivity (Wildman–Crippen MR) is 92.8 cm³/mol. The molecule has 1 fully saturated rings. The van der Waals surface area contributed by atoms with Gasteiger partial charge in [-0.25, -0.2) is 4.39 Å². The van der Waals surface area contributed by atoms with Crippen LogP contribution in [-0.4, -0.2) is 47.2 Å².